The summed E-state index contributed by atoms with van der Waals surface area (Å²) in [4.78, 5) is 2.53. The van der Waals surface area contributed by atoms with Crippen LogP contribution in [0.15, 0.2) is 18.2 Å². The summed E-state index contributed by atoms with van der Waals surface area (Å²) in [6.45, 7) is 8.91. The molecule has 1 aromatic carbocycles. The summed E-state index contributed by atoms with van der Waals surface area (Å²) in [5, 5.41) is 0.836. The van der Waals surface area contributed by atoms with E-state index in [1.165, 1.54) is 18.4 Å². The number of aryl methyl sites for hydroxylation is 1. The molecule has 0 aliphatic carbocycles. The summed E-state index contributed by atoms with van der Waals surface area (Å²) < 4.78 is 0. The predicted octanol–water partition coefficient (Wildman–Crippen LogP) is 2.90. The average molecular weight is 296 g/mol. The molecule has 1 saturated heterocycles. The number of halogens is 1. The minimum atomic E-state index is 0.0272. The lowest BCUT2D eigenvalue weighted by molar-refractivity contribution is 0.106. The number of nitrogens with zero attached hydrogens (tertiary/aromatic N) is 1. The second-order valence-electron chi connectivity index (χ2n) is 6.37. The van der Waals surface area contributed by atoms with Gasteiger partial charge in [0.25, 0.3) is 0 Å². The normalized spacial score (nSPS) is 18.4. The van der Waals surface area contributed by atoms with Crippen molar-refractivity contribution in [3.8, 4) is 0 Å². The van der Waals surface area contributed by atoms with E-state index >= 15 is 0 Å². The second-order valence-corrected chi connectivity index (χ2v) is 6.77. The molecule has 1 fully saturated rings. The van der Waals surface area contributed by atoms with Gasteiger partial charge in [0.15, 0.2) is 0 Å². The molecule has 20 heavy (non-hydrogen) atoms. The zero-order valence-electron chi connectivity index (χ0n) is 12.7. The summed E-state index contributed by atoms with van der Waals surface area (Å²) in [5.74, 6) is 5.83. The van der Waals surface area contributed by atoms with Crippen molar-refractivity contribution in [1.29, 1.82) is 0 Å². The molecule has 0 saturated carbocycles. The number of nitrogens with two attached hydrogens (primary N) is 1. The Hall–Kier alpha value is -0.610. The molecule has 2 rings (SSSR count). The quantitative estimate of drug-likeness (QED) is 0.648. The number of hydrogen-bond donors (Lipinski definition) is 2. The molecule has 0 aromatic heterocycles. The Morgan fingerprint density at radius 3 is 2.55 bits per heavy atom. The van der Waals surface area contributed by atoms with Crippen molar-refractivity contribution in [2.24, 2.45) is 5.84 Å². The highest BCUT2D eigenvalue weighted by molar-refractivity contribution is 6.31. The molecule has 3 N–H and O–H groups in total. The lowest BCUT2D eigenvalue weighted by atomic mass is 9.88. The minimum absolute atomic E-state index is 0.0272. The van der Waals surface area contributed by atoms with E-state index in [1.54, 1.807) is 0 Å². The van der Waals surface area contributed by atoms with Crippen LogP contribution in [0, 0.1) is 6.92 Å². The molecule has 1 heterocycles. The maximum absolute atomic E-state index is 6.36. The Bertz CT molecular complexity index is 453. The zero-order chi connectivity index (χ0) is 14.8. The SMILES string of the molecule is Cc1ccc(CC(NN)C(C)(C)N2CCCC2)c(Cl)c1. The molecule has 0 bridgehead atoms. The third-order valence-corrected chi connectivity index (χ3v) is 4.96. The van der Waals surface area contributed by atoms with Crippen LogP contribution in [-0.2, 0) is 6.42 Å². The largest absolute Gasteiger partial charge is 0.297 e. The summed E-state index contributed by atoms with van der Waals surface area (Å²) in [5.41, 5.74) is 5.39. The maximum Gasteiger partial charge on any atom is 0.0441 e. The molecule has 1 unspecified atom stereocenters. The van der Waals surface area contributed by atoms with Gasteiger partial charge in [0.1, 0.15) is 0 Å². The van der Waals surface area contributed by atoms with Crippen molar-refractivity contribution in [3.05, 3.63) is 34.3 Å². The highest BCUT2D eigenvalue weighted by Gasteiger charge is 2.36. The van der Waals surface area contributed by atoms with Crippen LogP contribution in [-0.4, -0.2) is 29.6 Å². The topological polar surface area (TPSA) is 41.3 Å². The van der Waals surface area contributed by atoms with Gasteiger partial charge in [0.2, 0.25) is 0 Å². The van der Waals surface area contributed by atoms with E-state index in [0.717, 1.165) is 30.1 Å². The van der Waals surface area contributed by atoms with Crippen LogP contribution in [0.4, 0.5) is 0 Å². The lowest BCUT2D eigenvalue weighted by Gasteiger charge is -2.42. The van der Waals surface area contributed by atoms with Gasteiger partial charge in [-0.3, -0.25) is 16.2 Å². The fourth-order valence-corrected chi connectivity index (χ4v) is 3.38. The molecule has 0 spiro atoms. The van der Waals surface area contributed by atoms with Gasteiger partial charge in [0.05, 0.1) is 0 Å². The minimum Gasteiger partial charge on any atom is -0.297 e. The summed E-state index contributed by atoms with van der Waals surface area (Å²) in [6.07, 6.45) is 3.41. The number of benzene rings is 1. The Morgan fingerprint density at radius 2 is 2.00 bits per heavy atom. The first kappa shape index (κ1) is 15.8. The Balaban J connectivity index is 2.15. The van der Waals surface area contributed by atoms with Crippen LogP contribution in [0.3, 0.4) is 0 Å². The molecular weight excluding hydrogens is 270 g/mol. The van der Waals surface area contributed by atoms with Gasteiger partial charge in [-0.05, 0) is 70.3 Å². The Labute approximate surface area is 127 Å². The van der Waals surface area contributed by atoms with Crippen LogP contribution < -0.4 is 11.3 Å². The van der Waals surface area contributed by atoms with Crippen molar-refractivity contribution in [1.82, 2.24) is 10.3 Å². The molecule has 0 amide bonds. The van der Waals surface area contributed by atoms with E-state index < -0.39 is 0 Å². The van der Waals surface area contributed by atoms with Gasteiger partial charge in [-0.25, -0.2) is 0 Å². The van der Waals surface area contributed by atoms with E-state index in [1.807, 2.05) is 6.07 Å². The zero-order valence-corrected chi connectivity index (χ0v) is 13.5. The maximum atomic E-state index is 6.36. The first-order chi connectivity index (χ1) is 9.45. The van der Waals surface area contributed by atoms with Crippen LogP contribution in [0.2, 0.25) is 5.02 Å². The van der Waals surface area contributed by atoms with E-state index in [4.69, 9.17) is 17.4 Å². The van der Waals surface area contributed by atoms with Crippen molar-refractivity contribution in [3.63, 3.8) is 0 Å². The number of nitrogens with one attached hydrogen (secondary N) is 1. The fraction of sp³-hybridized carbons (Fsp3) is 0.625. The predicted molar refractivity (Wildman–Crippen MR) is 85.9 cm³/mol. The van der Waals surface area contributed by atoms with Crippen molar-refractivity contribution in [2.75, 3.05) is 13.1 Å². The Morgan fingerprint density at radius 1 is 1.35 bits per heavy atom. The molecule has 1 aliphatic rings. The molecule has 4 heteroatoms. The lowest BCUT2D eigenvalue weighted by Crippen LogP contribution is -2.59. The van der Waals surface area contributed by atoms with Crippen molar-refractivity contribution < 1.29 is 0 Å². The number of rotatable bonds is 5. The second kappa shape index (κ2) is 6.44. The van der Waals surface area contributed by atoms with E-state index in [0.29, 0.717) is 0 Å². The highest BCUT2D eigenvalue weighted by atomic mass is 35.5. The smallest absolute Gasteiger partial charge is 0.0441 e. The number of likely N-dealkylation sites (tertiary alicyclic amines) is 1. The molecular formula is C16H26ClN3. The molecule has 0 radical (unpaired) electrons. The first-order valence-corrected chi connectivity index (χ1v) is 7.79. The van der Waals surface area contributed by atoms with Gasteiger partial charge in [-0.1, -0.05) is 23.7 Å². The van der Waals surface area contributed by atoms with Crippen LogP contribution >= 0.6 is 11.6 Å². The highest BCUT2D eigenvalue weighted by Crippen LogP contribution is 2.28. The third-order valence-electron chi connectivity index (χ3n) is 4.61. The van der Waals surface area contributed by atoms with Crippen molar-refractivity contribution in [2.45, 2.75) is 51.6 Å². The van der Waals surface area contributed by atoms with Crippen LogP contribution in [0.1, 0.15) is 37.8 Å². The van der Waals surface area contributed by atoms with Gasteiger partial charge in [-0.15, -0.1) is 0 Å². The van der Waals surface area contributed by atoms with E-state index in [9.17, 15) is 0 Å². The molecule has 1 aliphatic heterocycles. The van der Waals surface area contributed by atoms with Gasteiger partial charge in [0, 0.05) is 16.6 Å². The average Bonchev–Trinajstić information content (AvgIpc) is 2.92. The number of hydrogen-bond acceptors (Lipinski definition) is 3. The van der Waals surface area contributed by atoms with Gasteiger partial charge >= 0.3 is 0 Å². The van der Waals surface area contributed by atoms with Crippen molar-refractivity contribution >= 4 is 11.6 Å². The van der Waals surface area contributed by atoms with Gasteiger partial charge in [-0.2, -0.15) is 0 Å². The Kier molecular flexibility index (Phi) is 5.08. The molecule has 112 valence electrons. The van der Waals surface area contributed by atoms with E-state index in [2.05, 4.69) is 43.2 Å². The van der Waals surface area contributed by atoms with Gasteiger partial charge < -0.3 is 0 Å². The summed E-state index contributed by atoms with van der Waals surface area (Å²) >= 11 is 6.36. The first-order valence-electron chi connectivity index (χ1n) is 7.41. The number of hydrazine groups is 1. The third kappa shape index (κ3) is 3.34. The fourth-order valence-electron chi connectivity index (χ4n) is 3.06. The molecule has 3 nitrogen and oxygen atoms in total. The molecule has 1 atom stereocenters. The summed E-state index contributed by atoms with van der Waals surface area (Å²) in [6, 6.07) is 6.42. The van der Waals surface area contributed by atoms with Crippen LogP contribution in [0.25, 0.3) is 0 Å². The monoisotopic (exact) mass is 295 g/mol. The summed E-state index contributed by atoms with van der Waals surface area (Å²) in [7, 11) is 0. The standard InChI is InChI=1S/C16H26ClN3/c1-12-6-7-13(14(17)10-12)11-15(19-18)16(2,3)20-8-4-5-9-20/h6-7,10,15,19H,4-5,8-9,11,18H2,1-3H3. The van der Waals surface area contributed by atoms with Crippen LogP contribution in [0.5, 0.6) is 0 Å². The molecule has 1 aromatic rings. The van der Waals surface area contributed by atoms with E-state index in [-0.39, 0.29) is 11.6 Å².